The van der Waals surface area contributed by atoms with E-state index in [0.29, 0.717) is 17.5 Å². The molecule has 6 heteroatoms. The number of methoxy groups -OCH3 is 1. The zero-order valence-corrected chi connectivity index (χ0v) is 22.0. The van der Waals surface area contributed by atoms with Gasteiger partial charge in [-0.15, -0.1) is 0 Å². The van der Waals surface area contributed by atoms with Gasteiger partial charge in [-0.05, 0) is 84.4 Å². The highest BCUT2D eigenvalue weighted by atomic mass is 16.5. The lowest BCUT2D eigenvalue weighted by molar-refractivity contribution is -0.139. The summed E-state index contributed by atoms with van der Waals surface area (Å²) in [4.78, 5) is 11.5. The third-order valence-electron chi connectivity index (χ3n) is 5.82. The maximum absolute atomic E-state index is 11.5. The minimum Gasteiger partial charge on any atom is -0.508 e. The number of aliphatic hydroxyl groups excluding tert-OH is 2. The summed E-state index contributed by atoms with van der Waals surface area (Å²) in [5.41, 5.74) is 5.08. The van der Waals surface area contributed by atoms with Gasteiger partial charge in [0.05, 0.1) is 13.5 Å². The van der Waals surface area contributed by atoms with Crippen molar-refractivity contribution in [1.29, 1.82) is 0 Å². The highest BCUT2D eigenvalue weighted by Crippen LogP contribution is 2.29. The molecule has 2 atom stereocenters. The van der Waals surface area contributed by atoms with Crippen LogP contribution in [0.3, 0.4) is 0 Å². The number of allylic oxidation sites excluding steroid dienone is 6. The van der Waals surface area contributed by atoms with Crippen molar-refractivity contribution in [1.82, 2.24) is 0 Å². The van der Waals surface area contributed by atoms with Crippen molar-refractivity contribution in [2.24, 2.45) is 0 Å². The third-order valence-corrected chi connectivity index (χ3v) is 5.82. The molecule has 194 valence electrons. The Bertz CT molecular complexity index is 964. The monoisotopic (exact) mass is 486 g/mol. The first kappa shape index (κ1) is 30.2. The smallest absolute Gasteiger partial charge is 0.310 e. The molecule has 0 aliphatic heterocycles. The Balaban J connectivity index is 2.59. The second-order valence-electron chi connectivity index (χ2n) is 9.38. The molecule has 1 aromatic rings. The van der Waals surface area contributed by atoms with E-state index in [2.05, 4.69) is 17.7 Å². The summed E-state index contributed by atoms with van der Waals surface area (Å²) >= 11 is 0. The maximum Gasteiger partial charge on any atom is 0.310 e. The van der Waals surface area contributed by atoms with Gasteiger partial charge in [0, 0.05) is 11.1 Å². The van der Waals surface area contributed by atoms with Gasteiger partial charge in [-0.25, -0.2) is 0 Å². The fraction of sp³-hybridized carbons (Fsp3) is 0.483. The molecule has 0 heterocycles. The predicted molar refractivity (Wildman–Crippen MR) is 140 cm³/mol. The maximum atomic E-state index is 11.5. The number of hydrogen-bond acceptors (Lipinski definition) is 6. The molecule has 0 radical (unpaired) electrons. The number of phenolic OH excluding ortho intramolecular Hbond substituents is 2. The molecule has 0 amide bonds. The predicted octanol–water partition coefficient (Wildman–Crippen LogP) is 5.44. The lowest BCUT2D eigenvalue weighted by atomic mass is 10.0. The zero-order valence-electron chi connectivity index (χ0n) is 22.0. The number of hydrogen-bond donors (Lipinski definition) is 4. The van der Waals surface area contributed by atoms with E-state index in [9.17, 15) is 25.2 Å². The molecule has 0 saturated carbocycles. The van der Waals surface area contributed by atoms with E-state index < -0.39 is 18.2 Å². The number of aliphatic hydroxyl groups is 2. The number of esters is 1. The molecule has 0 fully saturated rings. The zero-order chi connectivity index (χ0) is 26.5. The fourth-order valence-corrected chi connectivity index (χ4v) is 3.64. The summed E-state index contributed by atoms with van der Waals surface area (Å²) in [6, 6.07) is 2.89. The van der Waals surface area contributed by atoms with Crippen molar-refractivity contribution in [3.05, 3.63) is 69.9 Å². The standard InChI is InChI=1S/C29H42O6/c1-19(2)15-26(31)28(33)22(5)12-8-11-20(3)9-7-10-21(4)13-14-23-16-25(30)17-24(29(23)34)18-27(32)35-6/h9,12-13,15-17,26,28,30-31,33-34H,7-8,10-11,14,18H2,1-6H3/t26-,28-/m0/s1. The van der Waals surface area contributed by atoms with Crippen LogP contribution in [0.4, 0.5) is 0 Å². The molecular formula is C29H42O6. The molecular weight excluding hydrogens is 444 g/mol. The number of ether oxygens (including phenoxy) is 1. The van der Waals surface area contributed by atoms with E-state index in [1.165, 1.54) is 30.4 Å². The van der Waals surface area contributed by atoms with Gasteiger partial charge in [0.15, 0.2) is 0 Å². The number of aromatic hydroxyl groups is 2. The third kappa shape index (κ3) is 11.4. The summed E-state index contributed by atoms with van der Waals surface area (Å²) in [7, 11) is 1.28. The molecule has 35 heavy (non-hydrogen) atoms. The van der Waals surface area contributed by atoms with Gasteiger partial charge in [0.2, 0.25) is 0 Å². The summed E-state index contributed by atoms with van der Waals surface area (Å²) in [5.74, 6) is -0.465. The quantitative estimate of drug-likeness (QED) is 0.168. The summed E-state index contributed by atoms with van der Waals surface area (Å²) < 4.78 is 4.64. The molecule has 0 aromatic heterocycles. The van der Waals surface area contributed by atoms with Gasteiger partial charge in [-0.1, -0.05) is 41.0 Å². The topological polar surface area (TPSA) is 107 Å². The van der Waals surface area contributed by atoms with Crippen molar-refractivity contribution in [2.75, 3.05) is 7.11 Å². The summed E-state index contributed by atoms with van der Waals surface area (Å²) in [5, 5.41) is 40.6. The number of phenols is 2. The lowest BCUT2D eigenvalue weighted by Gasteiger charge is -2.16. The molecule has 0 unspecified atom stereocenters. The van der Waals surface area contributed by atoms with Crippen LogP contribution in [0.2, 0.25) is 0 Å². The SMILES string of the molecule is COC(=O)Cc1cc(O)cc(CC=C(C)CCC=C(C)CCC=C(C)[C@H](O)[C@@H](O)C=C(C)C)c1O. The van der Waals surface area contributed by atoms with Gasteiger partial charge in [0.25, 0.3) is 0 Å². The van der Waals surface area contributed by atoms with E-state index in [-0.39, 0.29) is 17.9 Å². The average Bonchev–Trinajstić information content (AvgIpc) is 2.78. The summed E-state index contributed by atoms with van der Waals surface area (Å²) in [6.07, 6.45) is 9.88. The largest absolute Gasteiger partial charge is 0.508 e. The van der Waals surface area contributed by atoms with Crippen LogP contribution in [0, 0.1) is 0 Å². The first-order valence-corrected chi connectivity index (χ1v) is 12.0. The van der Waals surface area contributed by atoms with Crippen molar-refractivity contribution in [2.45, 2.75) is 85.4 Å². The Morgan fingerprint density at radius 3 is 2.09 bits per heavy atom. The van der Waals surface area contributed by atoms with Crippen LogP contribution in [0.5, 0.6) is 11.5 Å². The fourth-order valence-electron chi connectivity index (χ4n) is 3.64. The Morgan fingerprint density at radius 2 is 1.49 bits per heavy atom. The molecule has 4 N–H and O–H groups in total. The van der Waals surface area contributed by atoms with Crippen LogP contribution >= 0.6 is 0 Å². The van der Waals surface area contributed by atoms with Crippen LogP contribution in [-0.4, -0.2) is 45.7 Å². The van der Waals surface area contributed by atoms with Gasteiger partial charge in [0.1, 0.15) is 23.7 Å². The van der Waals surface area contributed by atoms with E-state index in [0.717, 1.165) is 36.8 Å². The molecule has 6 nitrogen and oxygen atoms in total. The van der Waals surface area contributed by atoms with Gasteiger partial charge in [-0.2, -0.15) is 0 Å². The molecule has 0 aliphatic carbocycles. The second-order valence-corrected chi connectivity index (χ2v) is 9.38. The van der Waals surface area contributed by atoms with Crippen LogP contribution in [0.15, 0.2) is 58.7 Å². The Morgan fingerprint density at radius 1 is 0.914 bits per heavy atom. The number of benzene rings is 1. The minimum atomic E-state index is -0.885. The van der Waals surface area contributed by atoms with E-state index in [1.54, 1.807) is 6.08 Å². The van der Waals surface area contributed by atoms with E-state index in [1.807, 2.05) is 39.8 Å². The minimum absolute atomic E-state index is 0.00423. The number of carbonyl (C=O) groups excluding carboxylic acids is 1. The van der Waals surface area contributed by atoms with E-state index in [4.69, 9.17) is 0 Å². The highest BCUT2D eigenvalue weighted by molar-refractivity contribution is 5.74. The highest BCUT2D eigenvalue weighted by Gasteiger charge is 2.15. The molecule has 0 bridgehead atoms. The van der Waals surface area contributed by atoms with Crippen LogP contribution < -0.4 is 0 Å². The van der Waals surface area contributed by atoms with Crippen LogP contribution in [-0.2, 0) is 22.4 Å². The van der Waals surface area contributed by atoms with Crippen molar-refractivity contribution < 1.29 is 30.0 Å². The average molecular weight is 487 g/mol. The van der Waals surface area contributed by atoms with Crippen LogP contribution in [0.25, 0.3) is 0 Å². The number of carbonyl (C=O) groups is 1. The van der Waals surface area contributed by atoms with Crippen molar-refractivity contribution in [3.8, 4) is 11.5 Å². The molecule has 1 rings (SSSR count). The second kappa shape index (κ2) is 15.2. The van der Waals surface area contributed by atoms with Crippen LogP contribution in [0.1, 0.15) is 71.4 Å². The number of rotatable bonds is 13. The Labute approximate surface area is 210 Å². The Kier molecular flexibility index (Phi) is 13.1. The molecule has 1 aromatic carbocycles. The lowest BCUT2D eigenvalue weighted by Crippen LogP contribution is -2.25. The van der Waals surface area contributed by atoms with Crippen molar-refractivity contribution >= 4 is 5.97 Å². The summed E-state index contributed by atoms with van der Waals surface area (Å²) in [6.45, 7) is 9.73. The first-order valence-electron chi connectivity index (χ1n) is 12.0. The molecule has 0 aliphatic rings. The first-order chi connectivity index (χ1) is 16.4. The van der Waals surface area contributed by atoms with Gasteiger partial charge in [-0.3, -0.25) is 4.79 Å². The molecule has 0 saturated heterocycles. The molecule has 0 spiro atoms. The van der Waals surface area contributed by atoms with Gasteiger partial charge < -0.3 is 25.2 Å². The van der Waals surface area contributed by atoms with E-state index >= 15 is 0 Å². The normalized spacial score (nSPS) is 14.5. The van der Waals surface area contributed by atoms with Gasteiger partial charge >= 0.3 is 5.97 Å². The van der Waals surface area contributed by atoms with Crippen molar-refractivity contribution in [3.63, 3.8) is 0 Å². The Hall–Kier alpha value is -2.83.